The molecular weight excluding hydrogens is 987 g/mol. The van der Waals surface area contributed by atoms with Gasteiger partial charge in [-0.25, -0.2) is 36.7 Å². The molecule has 2 aliphatic rings. The second kappa shape index (κ2) is 24.8. The van der Waals surface area contributed by atoms with Gasteiger partial charge in [-0.05, 0) is 116 Å². The maximum absolute atomic E-state index is 14.4. The van der Waals surface area contributed by atoms with Crippen LogP contribution < -0.4 is 21.7 Å². The van der Waals surface area contributed by atoms with Gasteiger partial charge in [-0.15, -0.1) is 12.4 Å². The monoisotopic (exact) mass is 1040 g/mol. The summed E-state index contributed by atoms with van der Waals surface area (Å²) in [5.74, 6) is -2.99. The number of hydrogen-bond acceptors (Lipinski definition) is 10. The molecule has 0 saturated heterocycles. The molecule has 5 aromatic rings. The Morgan fingerprint density at radius 1 is 0.783 bits per heavy atom. The first kappa shape index (κ1) is 56.0. The molecule has 6 N–H and O–H groups in total. The summed E-state index contributed by atoms with van der Waals surface area (Å²) >= 11 is 11.4. The number of imidazole rings is 1. The highest BCUT2D eigenvalue weighted by Crippen LogP contribution is 2.38. The molecule has 22 heteroatoms. The van der Waals surface area contributed by atoms with Gasteiger partial charge < -0.3 is 40.7 Å². The van der Waals surface area contributed by atoms with E-state index in [1.807, 2.05) is 0 Å². The Balaban J connectivity index is 0.000000230. The Morgan fingerprint density at radius 3 is 1.81 bits per heavy atom. The lowest BCUT2D eigenvalue weighted by Crippen LogP contribution is -2.41. The van der Waals surface area contributed by atoms with Crippen LogP contribution in [-0.4, -0.2) is 73.4 Å². The van der Waals surface area contributed by atoms with Crippen LogP contribution in [-0.2, 0) is 26.7 Å². The summed E-state index contributed by atoms with van der Waals surface area (Å²) in [5.41, 5.74) is 8.94. The summed E-state index contributed by atoms with van der Waals surface area (Å²) < 4.78 is 71.6. The van der Waals surface area contributed by atoms with Crippen molar-refractivity contribution < 1.29 is 55.7 Å². The highest BCUT2D eigenvalue weighted by molar-refractivity contribution is 6.74. The first-order valence-corrected chi connectivity index (χ1v) is 25.0. The fourth-order valence-electron chi connectivity index (χ4n) is 6.99. The van der Waals surface area contributed by atoms with Gasteiger partial charge in [0.2, 0.25) is 0 Å². The molecule has 0 bridgehead atoms. The number of carbonyl (C=O) groups excluding carboxylic acids is 4. The van der Waals surface area contributed by atoms with E-state index >= 15 is 0 Å². The number of hydrogen-bond donors (Lipinski definition) is 5. The molecule has 0 saturated carbocycles. The van der Waals surface area contributed by atoms with Gasteiger partial charge in [-0.3, -0.25) is 9.59 Å². The topological polar surface area (TPSA) is 196 Å². The molecule has 69 heavy (non-hydrogen) atoms. The third-order valence-corrected chi connectivity index (χ3v) is 16.6. The van der Waals surface area contributed by atoms with Gasteiger partial charge in [0.1, 0.15) is 42.8 Å². The van der Waals surface area contributed by atoms with Gasteiger partial charge in [-0.1, -0.05) is 44.0 Å². The molecule has 0 aliphatic heterocycles. The summed E-state index contributed by atoms with van der Waals surface area (Å²) in [6, 6.07) is 11.9. The molecule has 0 fully saturated rings. The average molecular weight is 1040 g/mol. The molecule has 0 unspecified atom stereocenters. The zero-order chi connectivity index (χ0) is 49.9. The van der Waals surface area contributed by atoms with E-state index in [2.05, 4.69) is 54.8 Å². The Labute approximate surface area is 413 Å². The fraction of sp³-hybridized carbons (Fsp3) is 0.340. The van der Waals surface area contributed by atoms with E-state index in [-0.39, 0.29) is 70.3 Å². The molecule has 3 amide bonds. The van der Waals surface area contributed by atoms with Crippen LogP contribution in [0.2, 0.25) is 28.2 Å². The van der Waals surface area contributed by atoms with Crippen LogP contribution in [0.5, 0.6) is 0 Å². The number of ether oxygens (including phenoxy) is 2. The fourth-order valence-corrected chi connectivity index (χ4v) is 8.37. The Morgan fingerprint density at radius 2 is 1.30 bits per heavy atom. The zero-order valence-electron chi connectivity index (χ0n) is 38.3. The first-order chi connectivity index (χ1) is 32.1. The minimum absolute atomic E-state index is 0. The van der Waals surface area contributed by atoms with Crippen LogP contribution in [0.1, 0.15) is 88.7 Å². The number of amides is 3. The molecule has 1 aromatic heterocycles. The third kappa shape index (κ3) is 14.7. The molecule has 0 radical (unpaired) electrons. The number of aliphatic hydroxyl groups is 1. The van der Waals surface area contributed by atoms with Crippen molar-refractivity contribution in [3.63, 3.8) is 0 Å². The number of halogens is 7. The van der Waals surface area contributed by atoms with Crippen molar-refractivity contribution >= 4 is 79.3 Å². The number of nitrogens with one attached hydrogen (secondary N) is 3. The number of aromatic nitrogens is 2. The highest BCUT2D eigenvalue weighted by Gasteiger charge is 2.37. The first-order valence-electron chi connectivity index (χ1n) is 21.4. The summed E-state index contributed by atoms with van der Waals surface area (Å²) in [4.78, 5) is 52.0. The maximum atomic E-state index is 14.4. The van der Waals surface area contributed by atoms with Gasteiger partial charge in [-0.2, -0.15) is 0 Å². The smallest absolute Gasteiger partial charge is 0.419 e. The average Bonchev–Trinajstić information content (AvgIpc) is 4.07. The minimum Gasteiger partial charge on any atom is -0.447 e. The summed E-state index contributed by atoms with van der Waals surface area (Å²) in [7, 11) is -1.75. The quantitative estimate of drug-likeness (QED) is 0.0482. The van der Waals surface area contributed by atoms with E-state index in [0.29, 0.717) is 65.9 Å². The molecule has 14 nitrogen and oxygen atoms in total. The molecule has 372 valence electrons. The molecule has 0 spiro atoms. The van der Waals surface area contributed by atoms with Gasteiger partial charge in [0.25, 0.3) is 11.8 Å². The van der Waals surface area contributed by atoms with E-state index < -0.39 is 55.8 Å². The maximum Gasteiger partial charge on any atom is 0.419 e. The van der Waals surface area contributed by atoms with Crippen LogP contribution in [0.15, 0.2) is 79.4 Å². The highest BCUT2D eigenvalue weighted by atomic mass is 35.5. The van der Waals surface area contributed by atoms with Gasteiger partial charge in [0, 0.05) is 52.1 Å². The number of nitrogens with zero attached hydrogens (tertiary/aromatic N) is 2. The van der Waals surface area contributed by atoms with E-state index in [4.69, 9.17) is 47.9 Å². The van der Waals surface area contributed by atoms with E-state index in [1.54, 1.807) is 6.20 Å². The van der Waals surface area contributed by atoms with Crippen molar-refractivity contribution in [2.45, 2.75) is 76.7 Å². The standard InChI is InChI=1S/C19H17ClF2N2O4.C16H13ClF2N2O.C12H22N2O3Si.ClH/c20-13-9-10(1-4-14(13)21)23-18(26)12-2-5-15(22)17-11(12)3-6-16(17)24-19(27)28-8-7-25;17-11-7-8(1-4-12(11)18)21-16(22)10-2-5-13(19)15-9(10)3-6-14(15)20;1-12(2,3)18(4,5)17-9-8-16-11(15)14-7-6-13-10-14;/h1-2,4-5,9,16,25H,3,6-8H2,(H,23,26)(H,24,27);1-2,4-5,7,14H,3,6,20H2,(H,21,22);6-7,10H,8-9H2,1-5H3;1H/t16-;14-;;/m00../s1. The van der Waals surface area contributed by atoms with Crippen molar-refractivity contribution in [3.8, 4) is 0 Å². The normalized spacial score (nSPS) is 14.6. The van der Waals surface area contributed by atoms with Crippen molar-refractivity contribution in [3.05, 3.63) is 146 Å². The molecule has 4 aromatic carbocycles. The second-order valence-electron chi connectivity index (χ2n) is 17.1. The largest absolute Gasteiger partial charge is 0.447 e. The molecule has 2 aliphatic carbocycles. The molecular formula is C47H53Cl3F4N6O8Si. The number of nitrogens with two attached hydrogens (primary N) is 1. The van der Waals surface area contributed by atoms with Crippen LogP contribution in [0.3, 0.4) is 0 Å². The van der Waals surface area contributed by atoms with Crippen molar-refractivity contribution in [1.82, 2.24) is 14.9 Å². The predicted molar refractivity (Wildman–Crippen MR) is 259 cm³/mol. The lowest BCUT2D eigenvalue weighted by Gasteiger charge is -2.36. The lowest BCUT2D eigenvalue weighted by atomic mass is 10.0. The Hall–Kier alpha value is -5.54. The number of alkyl carbamates (subject to hydrolysis) is 1. The van der Waals surface area contributed by atoms with Gasteiger partial charge in [0.05, 0.1) is 29.3 Å². The van der Waals surface area contributed by atoms with Crippen LogP contribution in [0, 0.1) is 23.3 Å². The van der Waals surface area contributed by atoms with Crippen LogP contribution in [0.25, 0.3) is 0 Å². The lowest BCUT2D eigenvalue weighted by molar-refractivity contribution is 0.101. The number of aliphatic hydroxyl groups excluding tert-OH is 1. The molecule has 7 rings (SSSR count). The third-order valence-electron chi connectivity index (χ3n) is 11.5. The Bertz CT molecular complexity index is 2620. The van der Waals surface area contributed by atoms with Crippen LogP contribution >= 0.6 is 35.6 Å². The van der Waals surface area contributed by atoms with E-state index in [0.717, 1.165) is 12.1 Å². The van der Waals surface area contributed by atoms with Crippen molar-refractivity contribution in [1.29, 1.82) is 0 Å². The Kier molecular flexibility index (Phi) is 20.2. The minimum atomic E-state index is -1.75. The predicted octanol–water partition coefficient (Wildman–Crippen LogP) is 10.7. The zero-order valence-corrected chi connectivity index (χ0v) is 41.6. The van der Waals surface area contributed by atoms with Crippen LogP contribution in [0.4, 0.5) is 38.5 Å². The molecule has 2 atom stereocenters. The van der Waals surface area contributed by atoms with Crippen molar-refractivity contribution in [2.24, 2.45) is 5.73 Å². The summed E-state index contributed by atoms with van der Waals surface area (Å²) in [6.07, 6.45) is 5.24. The number of rotatable bonds is 11. The van der Waals surface area contributed by atoms with Crippen molar-refractivity contribution in [2.75, 3.05) is 37.1 Å². The summed E-state index contributed by atoms with van der Waals surface area (Å²) in [5, 5.41) is 16.4. The summed E-state index contributed by atoms with van der Waals surface area (Å²) in [6.45, 7) is 11.1. The molecule has 1 heterocycles. The van der Waals surface area contributed by atoms with Gasteiger partial charge in [0.15, 0.2) is 8.32 Å². The number of carbonyl (C=O) groups is 4. The van der Waals surface area contributed by atoms with E-state index in [1.165, 1.54) is 65.6 Å². The number of fused-ring (bicyclic) bond motifs is 2. The van der Waals surface area contributed by atoms with Gasteiger partial charge >= 0.3 is 12.2 Å². The van der Waals surface area contributed by atoms with E-state index in [9.17, 15) is 36.7 Å². The number of anilines is 2. The SMILES string of the molecule is CC(C)(C)[Si](C)(C)OCCOC(=O)n1ccnc1.Cl.N[C@H]1CCc2c(C(=O)Nc3ccc(F)c(Cl)c3)ccc(F)c21.O=C(N[C@H]1CCc2c(C(=O)Nc3ccc(F)c(Cl)c3)ccc(F)c21)OCCO. The number of benzene rings is 4. The second-order valence-corrected chi connectivity index (χ2v) is 22.7.